The molecule has 2 aromatic heterocycles. The van der Waals surface area contributed by atoms with Gasteiger partial charge in [0.2, 0.25) is 0 Å². The number of hydrogen-bond acceptors (Lipinski definition) is 6. The number of benzene rings is 1. The minimum atomic E-state index is 0.0997. The standard InChI is InChI=1S/C25H31ClN4OS/c1-4-23-18(3)28-25(32-23)9-8-21-15-22(30-10-12-31-13-11-30)16-24(29-21)27-17(2)19-6-5-7-20(26)14-19/h5-7,14-17H,4,8-13H2,1-3H3,(H,27,29). The Hall–Kier alpha value is -2.15. The SMILES string of the molecule is CCc1sc(CCc2cc(N3CCOCC3)cc(NC(C)c3cccc(Cl)c3)n2)nc1C. The quantitative estimate of drug-likeness (QED) is 0.447. The molecule has 1 aliphatic heterocycles. The van der Waals surface area contributed by atoms with Crippen molar-refractivity contribution in [1.29, 1.82) is 0 Å². The van der Waals surface area contributed by atoms with Crippen molar-refractivity contribution in [3.63, 3.8) is 0 Å². The molecule has 3 aromatic rings. The van der Waals surface area contributed by atoms with E-state index in [0.29, 0.717) is 0 Å². The van der Waals surface area contributed by atoms with Crippen LogP contribution in [-0.4, -0.2) is 36.3 Å². The van der Waals surface area contributed by atoms with E-state index in [1.165, 1.54) is 21.3 Å². The van der Waals surface area contributed by atoms with Crippen LogP contribution in [0.25, 0.3) is 0 Å². The van der Waals surface area contributed by atoms with Gasteiger partial charge in [0.1, 0.15) is 5.82 Å². The zero-order valence-electron chi connectivity index (χ0n) is 19.0. The van der Waals surface area contributed by atoms with Crippen LogP contribution < -0.4 is 10.2 Å². The van der Waals surface area contributed by atoms with Gasteiger partial charge in [-0.25, -0.2) is 9.97 Å². The number of nitrogens with zero attached hydrogens (tertiary/aromatic N) is 3. The van der Waals surface area contributed by atoms with Crippen LogP contribution in [0, 0.1) is 6.92 Å². The Balaban J connectivity index is 1.55. The first kappa shape index (κ1) is 23.0. The van der Waals surface area contributed by atoms with Gasteiger partial charge in [0, 0.05) is 52.9 Å². The van der Waals surface area contributed by atoms with Crippen LogP contribution in [0.15, 0.2) is 36.4 Å². The molecule has 1 N–H and O–H groups in total. The fraction of sp³-hybridized carbons (Fsp3) is 0.440. The van der Waals surface area contributed by atoms with Crippen molar-refractivity contribution in [2.24, 2.45) is 0 Å². The van der Waals surface area contributed by atoms with Gasteiger partial charge in [-0.2, -0.15) is 0 Å². The summed E-state index contributed by atoms with van der Waals surface area (Å²) < 4.78 is 5.55. The first-order valence-corrected chi connectivity index (χ1v) is 12.5. The van der Waals surface area contributed by atoms with E-state index in [9.17, 15) is 0 Å². The summed E-state index contributed by atoms with van der Waals surface area (Å²) in [6.07, 6.45) is 2.83. The Morgan fingerprint density at radius 2 is 1.97 bits per heavy atom. The highest BCUT2D eigenvalue weighted by Gasteiger charge is 2.16. The molecule has 32 heavy (non-hydrogen) atoms. The molecular weight excluding hydrogens is 440 g/mol. The largest absolute Gasteiger partial charge is 0.378 e. The number of aromatic nitrogens is 2. The van der Waals surface area contributed by atoms with E-state index < -0.39 is 0 Å². The van der Waals surface area contributed by atoms with Crippen molar-refractivity contribution in [2.75, 3.05) is 36.5 Å². The maximum atomic E-state index is 6.20. The predicted octanol–water partition coefficient (Wildman–Crippen LogP) is 5.86. The number of nitrogens with one attached hydrogen (secondary N) is 1. The molecule has 1 aromatic carbocycles. The fourth-order valence-electron chi connectivity index (χ4n) is 4.02. The highest BCUT2D eigenvalue weighted by molar-refractivity contribution is 7.11. The van der Waals surface area contributed by atoms with Crippen molar-refractivity contribution in [1.82, 2.24) is 9.97 Å². The van der Waals surface area contributed by atoms with Gasteiger partial charge in [0.05, 0.1) is 23.9 Å². The van der Waals surface area contributed by atoms with E-state index in [0.717, 1.165) is 67.7 Å². The number of hydrogen-bond donors (Lipinski definition) is 1. The summed E-state index contributed by atoms with van der Waals surface area (Å²) in [7, 11) is 0. The molecule has 1 fully saturated rings. The van der Waals surface area contributed by atoms with Gasteiger partial charge in [0.25, 0.3) is 0 Å². The zero-order valence-corrected chi connectivity index (χ0v) is 20.6. The smallest absolute Gasteiger partial charge is 0.128 e. The number of halogens is 1. The molecular formula is C25H31ClN4OS. The normalized spacial score (nSPS) is 15.1. The van der Waals surface area contributed by atoms with Gasteiger partial charge in [-0.05, 0) is 50.5 Å². The van der Waals surface area contributed by atoms with Crippen molar-refractivity contribution >= 4 is 34.4 Å². The van der Waals surface area contributed by atoms with E-state index in [2.05, 4.69) is 49.2 Å². The molecule has 4 rings (SSSR count). The molecule has 0 bridgehead atoms. The van der Waals surface area contributed by atoms with Crippen LogP contribution in [0.2, 0.25) is 5.02 Å². The van der Waals surface area contributed by atoms with Crippen LogP contribution in [0.5, 0.6) is 0 Å². The third-order valence-corrected chi connectivity index (χ3v) is 7.40. The summed E-state index contributed by atoms with van der Waals surface area (Å²) in [5, 5.41) is 5.53. The third kappa shape index (κ3) is 5.80. The topological polar surface area (TPSA) is 50.3 Å². The Kier molecular flexibility index (Phi) is 7.66. The zero-order chi connectivity index (χ0) is 22.5. The number of rotatable bonds is 8. The first-order valence-electron chi connectivity index (χ1n) is 11.3. The maximum Gasteiger partial charge on any atom is 0.128 e. The lowest BCUT2D eigenvalue weighted by atomic mass is 10.1. The van der Waals surface area contributed by atoms with Crippen LogP contribution in [0.1, 0.15) is 46.7 Å². The molecule has 1 unspecified atom stereocenters. The molecule has 1 saturated heterocycles. The summed E-state index contributed by atoms with van der Waals surface area (Å²) in [6.45, 7) is 9.76. The number of pyridine rings is 1. The molecule has 170 valence electrons. The second-order valence-electron chi connectivity index (χ2n) is 8.19. The van der Waals surface area contributed by atoms with Crippen LogP contribution in [0.3, 0.4) is 0 Å². The summed E-state index contributed by atoms with van der Waals surface area (Å²) in [4.78, 5) is 13.5. The lowest BCUT2D eigenvalue weighted by Gasteiger charge is -2.29. The van der Waals surface area contributed by atoms with Gasteiger partial charge in [-0.3, -0.25) is 0 Å². The number of anilines is 2. The number of aryl methyl sites for hydroxylation is 4. The average molecular weight is 471 g/mol. The van der Waals surface area contributed by atoms with E-state index >= 15 is 0 Å². The van der Waals surface area contributed by atoms with E-state index in [-0.39, 0.29) is 6.04 Å². The highest BCUT2D eigenvalue weighted by Crippen LogP contribution is 2.27. The van der Waals surface area contributed by atoms with Gasteiger partial charge < -0.3 is 15.0 Å². The van der Waals surface area contributed by atoms with E-state index in [1.54, 1.807) is 0 Å². The van der Waals surface area contributed by atoms with E-state index in [4.69, 9.17) is 26.3 Å². The van der Waals surface area contributed by atoms with Crippen molar-refractivity contribution < 1.29 is 4.74 Å². The van der Waals surface area contributed by atoms with Crippen molar-refractivity contribution in [3.8, 4) is 0 Å². The molecule has 0 saturated carbocycles. The van der Waals surface area contributed by atoms with Crippen LogP contribution >= 0.6 is 22.9 Å². The minimum absolute atomic E-state index is 0.0997. The van der Waals surface area contributed by atoms with E-state index in [1.807, 2.05) is 29.5 Å². The fourth-order valence-corrected chi connectivity index (χ4v) is 5.22. The van der Waals surface area contributed by atoms with Crippen molar-refractivity contribution in [2.45, 2.75) is 46.1 Å². The van der Waals surface area contributed by atoms with Gasteiger partial charge >= 0.3 is 0 Å². The summed E-state index contributed by atoms with van der Waals surface area (Å²) >= 11 is 8.03. The Morgan fingerprint density at radius 3 is 2.69 bits per heavy atom. The lowest BCUT2D eigenvalue weighted by Crippen LogP contribution is -2.36. The molecule has 3 heterocycles. The van der Waals surface area contributed by atoms with Gasteiger partial charge in [-0.15, -0.1) is 11.3 Å². The number of thiazole rings is 1. The molecule has 1 aliphatic rings. The van der Waals surface area contributed by atoms with Gasteiger partial charge in [0.15, 0.2) is 0 Å². The second kappa shape index (κ2) is 10.6. The Labute approximate surface area is 199 Å². The molecule has 0 aliphatic carbocycles. The minimum Gasteiger partial charge on any atom is -0.378 e. The Bertz CT molecular complexity index is 1050. The molecule has 5 nitrogen and oxygen atoms in total. The maximum absolute atomic E-state index is 6.20. The first-order chi connectivity index (χ1) is 15.5. The summed E-state index contributed by atoms with van der Waals surface area (Å²) in [5.41, 5.74) is 4.59. The van der Waals surface area contributed by atoms with Crippen LogP contribution in [0.4, 0.5) is 11.5 Å². The molecule has 0 spiro atoms. The van der Waals surface area contributed by atoms with Crippen molar-refractivity contribution in [3.05, 3.63) is 68.3 Å². The second-order valence-corrected chi connectivity index (χ2v) is 9.80. The molecule has 0 amide bonds. The predicted molar refractivity (Wildman–Crippen MR) is 134 cm³/mol. The lowest BCUT2D eigenvalue weighted by molar-refractivity contribution is 0.122. The summed E-state index contributed by atoms with van der Waals surface area (Å²) in [5.74, 6) is 0.890. The highest BCUT2D eigenvalue weighted by atomic mass is 35.5. The molecule has 7 heteroatoms. The number of morpholine rings is 1. The number of ether oxygens (including phenoxy) is 1. The molecule has 0 radical (unpaired) electrons. The average Bonchev–Trinajstić information content (AvgIpc) is 3.17. The summed E-state index contributed by atoms with van der Waals surface area (Å²) in [6, 6.07) is 12.5. The third-order valence-electron chi connectivity index (χ3n) is 5.81. The Morgan fingerprint density at radius 1 is 1.16 bits per heavy atom. The monoisotopic (exact) mass is 470 g/mol. The van der Waals surface area contributed by atoms with Gasteiger partial charge in [-0.1, -0.05) is 30.7 Å². The van der Waals surface area contributed by atoms with Crippen LogP contribution in [-0.2, 0) is 24.0 Å². The molecule has 1 atom stereocenters.